The fourth-order valence-electron chi connectivity index (χ4n) is 3.44. The van der Waals surface area contributed by atoms with Gasteiger partial charge in [0.25, 0.3) is 0 Å². The molecule has 1 aliphatic rings. The fraction of sp³-hybridized carbons (Fsp3) is 0.333. The Morgan fingerprint density at radius 2 is 1.75 bits per heavy atom. The number of esters is 2. The van der Waals surface area contributed by atoms with Gasteiger partial charge in [-0.25, -0.2) is 0 Å². The molecule has 126 valence electrons. The summed E-state index contributed by atoms with van der Waals surface area (Å²) in [5.74, 6) is -1.10. The first-order valence-electron chi connectivity index (χ1n) is 7.67. The van der Waals surface area contributed by atoms with Crippen molar-refractivity contribution in [3.8, 4) is 0 Å². The molecule has 6 heteroatoms. The van der Waals surface area contributed by atoms with Crippen LogP contribution in [-0.4, -0.2) is 32.7 Å². The van der Waals surface area contributed by atoms with Crippen LogP contribution in [0.15, 0.2) is 47.8 Å². The summed E-state index contributed by atoms with van der Waals surface area (Å²) in [6, 6.07) is 13.2. The number of para-hydroxylation sites is 1. The van der Waals surface area contributed by atoms with E-state index in [1.807, 2.05) is 47.8 Å². The van der Waals surface area contributed by atoms with Gasteiger partial charge in [-0.15, -0.1) is 11.3 Å². The average Bonchev–Trinajstić information content (AvgIpc) is 3.28. The second kappa shape index (κ2) is 6.65. The first-order valence-corrected chi connectivity index (χ1v) is 8.55. The number of hydrogen-bond donors (Lipinski definition) is 0. The van der Waals surface area contributed by atoms with Crippen LogP contribution in [0.1, 0.15) is 17.3 Å². The molecule has 2 aromatic rings. The van der Waals surface area contributed by atoms with Crippen LogP contribution in [0.25, 0.3) is 0 Å². The third-order valence-electron chi connectivity index (χ3n) is 4.53. The number of carbonyl (C=O) groups excluding carboxylic acids is 2. The quantitative estimate of drug-likeness (QED) is 0.630. The summed E-state index contributed by atoms with van der Waals surface area (Å²) in [6.45, 7) is 0.566. The molecule has 1 aromatic carbocycles. The molecule has 0 N–H and O–H groups in total. The van der Waals surface area contributed by atoms with Gasteiger partial charge in [0, 0.05) is 17.1 Å². The Hall–Kier alpha value is -2.34. The highest BCUT2D eigenvalue weighted by Gasteiger charge is 2.61. The molecule has 0 amide bonds. The first kappa shape index (κ1) is 16.5. The van der Waals surface area contributed by atoms with Crippen LogP contribution in [0.5, 0.6) is 0 Å². The van der Waals surface area contributed by atoms with Crippen molar-refractivity contribution in [1.82, 2.24) is 0 Å². The molecular weight excluding hydrogens is 326 g/mol. The number of rotatable bonds is 4. The molecule has 1 fully saturated rings. The summed E-state index contributed by atoms with van der Waals surface area (Å²) in [6.07, 6.45) is 0.351. The zero-order valence-electron chi connectivity index (χ0n) is 13.6. The molecule has 3 rings (SSSR count). The smallest absolute Gasteiger partial charge is 0.325 e. The van der Waals surface area contributed by atoms with Crippen LogP contribution in [0.2, 0.25) is 0 Å². The number of nitrogens with zero attached hydrogens (tertiary/aromatic N) is 1. The van der Waals surface area contributed by atoms with E-state index in [-0.39, 0.29) is 0 Å². The number of anilines is 1. The Labute approximate surface area is 144 Å². The van der Waals surface area contributed by atoms with Crippen molar-refractivity contribution in [1.29, 1.82) is 0 Å². The molecule has 24 heavy (non-hydrogen) atoms. The Kier molecular flexibility index (Phi) is 4.57. The lowest BCUT2D eigenvalue weighted by Gasteiger charge is -2.34. The number of carbonyl (C=O) groups is 2. The van der Waals surface area contributed by atoms with Crippen LogP contribution < -0.4 is 4.90 Å². The van der Waals surface area contributed by atoms with Crippen molar-refractivity contribution in [2.45, 2.75) is 12.5 Å². The molecule has 0 bridgehead atoms. The summed E-state index contributed by atoms with van der Waals surface area (Å²) in [5, 5.41) is 1.94. The van der Waals surface area contributed by atoms with Gasteiger partial charge in [0.1, 0.15) is 0 Å². The van der Waals surface area contributed by atoms with E-state index in [0.717, 1.165) is 10.6 Å². The zero-order valence-corrected chi connectivity index (χ0v) is 14.4. The van der Waals surface area contributed by atoms with Gasteiger partial charge >= 0.3 is 11.9 Å². The Bertz CT molecular complexity index is 698. The lowest BCUT2D eigenvalue weighted by molar-refractivity contribution is -0.169. The monoisotopic (exact) mass is 345 g/mol. The molecule has 5 nitrogen and oxygen atoms in total. The Morgan fingerprint density at radius 3 is 2.29 bits per heavy atom. The number of hydrogen-bond acceptors (Lipinski definition) is 6. The normalized spacial score (nSPS) is 19.1. The van der Waals surface area contributed by atoms with Crippen LogP contribution in [0, 0.1) is 5.41 Å². The molecule has 0 radical (unpaired) electrons. The summed E-state index contributed by atoms with van der Waals surface area (Å²) in [4.78, 5) is 28.4. The molecule has 1 aliphatic heterocycles. The van der Waals surface area contributed by atoms with Crippen LogP contribution >= 0.6 is 11.3 Å². The molecule has 1 atom stereocenters. The Morgan fingerprint density at radius 1 is 1.08 bits per heavy atom. The van der Waals surface area contributed by atoms with Crippen molar-refractivity contribution >= 4 is 29.0 Å². The molecular formula is C18H19NO4S. The molecule has 1 aromatic heterocycles. The molecule has 1 unspecified atom stereocenters. The van der Waals surface area contributed by atoms with Gasteiger partial charge in [-0.05, 0) is 30.0 Å². The second-order valence-electron chi connectivity index (χ2n) is 5.65. The fourth-order valence-corrected chi connectivity index (χ4v) is 4.37. The maximum Gasteiger partial charge on any atom is 0.325 e. The topological polar surface area (TPSA) is 55.8 Å². The second-order valence-corrected chi connectivity index (χ2v) is 6.63. The third kappa shape index (κ3) is 2.47. The lowest BCUT2D eigenvalue weighted by Crippen LogP contribution is -2.45. The minimum Gasteiger partial charge on any atom is -0.468 e. The van der Waals surface area contributed by atoms with E-state index in [0.29, 0.717) is 13.0 Å². The summed E-state index contributed by atoms with van der Waals surface area (Å²) >= 11 is 1.52. The first-order chi connectivity index (χ1) is 11.6. The number of benzene rings is 1. The van der Waals surface area contributed by atoms with E-state index in [9.17, 15) is 9.59 Å². The predicted octanol–water partition coefficient (Wildman–Crippen LogP) is 3.03. The van der Waals surface area contributed by atoms with Crippen LogP contribution in [-0.2, 0) is 19.1 Å². The van der Waals surface area contributed by atoms with E-state index in [4.69, 9.17) is 9.47 Å². The number of ether oxygens (including phenoxy) is 2. The van der Waals surface area contributed by atoms with Gasteiger partial charge in [0.15, 0.2) is 5.41 Å². The molecule has 0 spiro atoms. The van der Waals surface area contributed by atoms with Gasteiger partial charge in [-0.3, -0.25) is 9.59 Å². The highest BCUT2D eigenvalue weighted by molar-refractivity contribution is 7.10. The standard InChI is InChI=1S/C18H19NO4S/c1-22-16(20)18(17(21)23-2)10-11-19(13-7-4-3-5-8-13)15(18)14-9-6-12-24-14/h3-9,12,15H,10-11H2,1-2H3. The van der Waals surface area contributed by atoms with Crippen LogP contribution in [0.4, 0.5) is 5.69 Å². The number of thiophene rings is 1. The molecule has 0 saturated carbocycles. The lowest BCUT2D eigenvalue weighted by atomic mass is 9.79. The summed E-state index contributed by atoms with van der Waals surface area (Å²) < 4.78 is 10.0. The van der Waals surface area contributed by atoms with E-state index >= 15 is 0 Å². The SMILES string of the molecule is COC(=O)C1(C(=O)OC)CCN(c2ccccc2)C1c1cccs1. The number of methoxy groups -OCH3 is 2. The largest absolute Gasteiger partial charge is 0.468 e. The van der Waals surface area contributed by atoms with Gasteiger partial charge in [-0.2, -0.15) is 0 Å². The molecule has 0 aliphatic carbocycles. The van der Waals surface area contributed by atoms with Gasteiger partial charge in [-0.1, -0.05) is 24.3 Å². The van der Waals surface area contributed by atoms with Gasteiger partial charge in [0.2, 0.25) is 0 Å². The van der Waals surface area contributed by atoms with Crippen molar-refractivity contribution in [3.05, 3.63) is 52.7 Å². The van der Waals surface area contributed by atoms with E-state index in [1.54, 1.807) is 0 Å². The average molecular weight is 345 g/mol. The van der Waals surface area contributed by atoms with Crippen molar-refractivity contribution in [2.75, 3.05) is 25.7 Å². The van der Waals surface area contributed by atoms with Crippen molar-refractivity contribution in [3.63, 3.8) is 0 Å². The molecule has 1 saturated heterocycles. The maximum atomic E-state index is 12.7. The zero-order chi connectivity index (χ0) is 17.2. The summed E-state index contributed by atoms with van der Waals surface area (Å²) in [5.41, 5.74) is -0.393. The van der Waals surface area contributed by atoms with E-state index in [1.165, 1.54) is 25.6 Å². The predicted molar refractivity (Wildman–Crippen MR) is 91.9 cm³/mol. The Balaban J connectivity index is 2.15. The van der Waals surface area contributed by atoms with Crippen molar-refractivity contribution < 1.29 is 19.1 Å². The highest BCUT2D eigenvalue weighted by Crippen LogP contribution is 2.51. The van der Waals surface area contributed by atoms with Gasteiger partial charge < -0.3 is 14.4 Å². The van der Waals surface area contributed by atoms with E-state index < -0.39 is 23.4 Å². The summed E-state index contributed by atoms with van der Waals surface area (Å²) in [7, 11) is 2.62. The minimum atomic E-state index is -1.36. The van der Waals surface area contributed by atoms with Crippen LogP contribution in [0.3, 0.4) is 0 Å². The third-order valence-corrected chi connectivity index (χ3v) is 5.45. The van der Waals surface area contributed by atoms with Crippen molar-refractivity contribution in [2.24, 2.45) is 5.41 Å². The van der Waals surface area contributed by atoms with Gasteiger partial charge in [0.05, 0.1) is 20.3 Å². The molecule has 2 heterocycles. The van der Waals surface area contributed by atoms with E-state index in [2.05, 4.69) is 4.90 Å². The minimum absolute atomic E-state index is 0.351. The highest BCUT2D eigenvalue weighted by atomic mass is 32.1. The maximum absolute atomic E-state index is 12.7.